The molecule has 1 rings (SSSR count). The third-order valence-corrected chi connectivity index (χ3v) is 3.94. The molecular weight excluding hydrogens is 260 g/mol. The fourth-order valence-corrected chi connectivity index (χ4v) is 2.54. The first-order valence-electron chi connectivity index (χ1n) is 8.28. The van der Waals surface area contributed by atoms with E-state index < -0.39 is 0 Å². The summed E-state index contributed by atoms with van der Waals surface area (Å²) in [6, 6.07) is 8.75. The number of hydrogen-bond donors (Lipinski definition) is 1. The van der Waals surface area contributed by atoms with Crippen molar-refractivity contribution in [1.29, 1.82) is 0 Å². The predicted octanol–water partition coefficient (Wildman–Crippen LogP) is 3.86. The average molecular weight is 292 g/mol. The zero-order valence-electron chi connectivity index (χ0n) is 14.2. The highest BCUT2D eigenvalue weighted by Gasteiger charge is 2.14. The molecule has 3 heteroatoms. The minimum absolute atomic E-state index is 0.355. The second-order valence-electron chi connectivity index (χ2n) is 5.63. The van der Waals surface area contributed by atoms with Gasteiger partial charge < -0.3 is 15.0 Å². The number of nitrogens with zero attached hydrogens (tertiary/aromatic N) is 1. The van der Waals surface area contributed by atoms with Gasteiger partial charge >= 0.3 is 0 Å². The number of hydrogen-bond acceptors (Lipinski definition) is 3. The molecule has 1 atom stereocenters. The molecule has 1 aromatic rings. The topological polar surface area (TPSA) is 24.5 Å². The Morgan fingerprint density at radius 3 is 2.33 bits per heavy atom. The van der Waals surface area contributed by atoms with Gasteiger partial charge in [0.1, 0.15) is 5.75 Å². The Bertz CT molecular complexity index is 373. The summed E-state index contributed by atoms with van der Waals surface area (Å²) in [6.45, 7) is 7.96. The van der Waals surface area contributed by atoms with E-state index in [4.69, 9.17) is 4.74 Å². The molecular formula is C18H32N2O. The lowest BCUT2D eigenvalue weighted by Gasteiger charge is -2.27. The number of methoxy groups -OCH3 is 1. The zero-order valence-corrected chi connectivity index (χ0v) is 14.2. The molecule has 120 valence electrons. The molecule has 1 aromatic carbocycles. The lowest BCUT2D eigenvalue weighted by molar-refractivity contribution is 0.239. The van der Waals surface area contributed by atoms with Crippen LogP contribution in [0.4, 0.5) is 0 Å². The molecule has 0 fully saturated rings. The Labute approximate surface area is 130 Å². The summed E-state index contributed by atoms with van der Waals surface area (Å²) in [5.41, 5.74) is 1.30. The smallest absolute Gasteiger partial charge is 0.119 e. The number of rotatable bonds is 11. The minimum Gasteiger partial charge on any atom is -0.497 e. The van der Waals surface area contributed by atoms with E-state index in [1.165, 1.54) is 44.3 Å². The van der Waals surface area contributed by atoms with Crippen molar-refractivity contribution in [3.8, 4) is 5.75 Å². The van der Waals surface area contributed by atoms with Crippen LogP contribution >= 0.6 is 0 Å². The Morgan fingerprint density at radius 2 is 1.81 bits per heavy atom. The Hall–Kier alpha value is -1.06. The highest BCUT2D eigenvalue weighted by atomic mass is 16.5. The molecule has 1 N–H and O–H groups in total. The fourth-order valence-electron chi connectivity index (χ4n) is 2.54. The second kappa shape index (κ2) is 10.6. The van der Waals surface area contributed by atoms with Crippen LogP contribution in [0.3, 0.4) is 0 Å². The van der Waals surface area contributed by atoms with Gasteiger partial charge in [0.05, 0.1) is 7.11 Å². The van der Waals surface area contributed by atoms with Crippen LogP contribution in [-0.4, -0.2) is 38.7 Å². The molecule has 0 bridgehead atoms. The van der Waals surface area contributed by atoms with Crippen LogP contribution in [-0.2, 0) is 0 Å². The molecule has 0 saturated heterocycles. The SMILES string of the molecule is CCCCN(CCCC)CC(NC)c1cccc(OC)c1. The zero-order chi connectivity index (χ0) is 15.5. The van der Waals surface area contributed by atoms with Gasteiger partial charge in [-0.25, -0.2) is 0 Å². The van der Waals surface area contributed by atoms with Gasteiger partial charge in [0, 0.05) is 12.6 Å². The van der Waals surface area contributed by atoms with E-state index in [-0.39, 0.29) is 0 Å². The molecule has 3 nitrogen and oxygen atoms in total. The van der Waals surface area contributed by atoms with E-state index in [0.717, 1.165) is 12.3 Å². The van der Waals surface area contributed by atoms with Gasteiger partial charge in [-0.05, 0) is 50.7 Å². The molecule has 0 radical (unpaired) electrons. The van der Waals surface area contributed by atoms with Crippen LogP contribution in [0.25, 0.3) is 0 Å². The maximum atomic E-state index is 5.34. The van der Waals surface area contributed by atoms with Crippen LogP contribution in [0.2, 0.25) is 0 Å². The van der Waals surface area contributed by atoms with E-state index in [0.29, 0.717) is 6.04 Å². The van der Waals surface area contributed by atoms with Crippen molar-refractivity contribution in [1.82, 2.24) is 10.2 Å². The first-order valence-corrected chi connectivity index (χ1v) is 8.28. The molecule has 0 aliphatic carbocycles. The average Bonchev–Trinajstić information content (AvgIpc) is 2.54. The monoisotopic (exact) mass is 292 g/mol. The number of benzene rings is 1. The van der Waals surface area contributed by atoms with Crippen molar-refractivity contribution in [2.24, 2.45) is 0 Å². The molecule has 0 heterocycles. The second-order valence-corrected chi connectivity index (χ2v) is 5.63. The van der Waals surface area contributed by atoms with E-state index >= 15 is 0 Å². The van der Waals surface area contributed by atoms with Crippen molar-refractivity contribution in [2.45, 2.75) is 45.6 Å². The molecule has 0 aliphatic heterocycles. The Balaban J connectivity index is 2.70. The van der Waals surface area contributed by atoms with Crippen molar-refractivity contribution < 1.29 is 4.74 Å². The van der Waals surface area contributed by atoms with E-state index in [2.05, 4.69) is 42.3 Å². The first-order chi connectivity index (χ1) is 10.2. The van der Waals surface area contributed by atoms with Crippen molar-refractivity contribution >= 4 is 0 Å². The largest absolute Gasteiger partial charge is 0.497 e. The van der Waals surface area contributed by atoms with Crippen LogP contribution in [0.1, 0.15) is 51.1 Å². The lowest BCUT2D eigenvalue weighted by Crippen LogP contribution is -2.35. The fraction of sp³-hybridized carbons (Fsp3) is 0.667. The summed E-state index contributed by atoms with van der Waals surface area (Å²) < 4.78 is 5.34. The van der Waals surface area contributed by atoms with Gasteiger partial charge in [-0.3, -0.25) is 0 Å². The summed E-state index contributed by atoms with van der Waals surface area (Å²) in [5, 5.41) is 3.46. The summed E-state index contributed by atoms with van der Waals surface area (Å²) in [7, 11) is 3.77. The van der Waals surface area contributed by atoms with Gasteiger partial charge in [0.15, 0.2) is 0 Å². The third kappa shape index (κ3) is 6.49. The molecule has 0 amide bonds. The van der Waals surface area contributed by atoms with Gasteiger partial charge in [-0.15, -0.1) is 0 Å². The summed E-state index contributed by atoms with van der Waals surface area (Å²) in [5.74, 6) is 0.932. The quantitative estimate of drug-likeness (QED) is 0.670. The molecule has 21 heavy (non-hydrogen) atoms. The maximum absolute atomic E-state index is 5.34. The number of nitrogens with one attached hydrogen (secondary N) is 1. The normalized spacial score (nSPS) is 12.6. The van der Waals surface area contributed by atoms with Crippen molar-refractivity contribution in [2.75, 3.05) is 33.8 Å². The molecule has 0 aliphatic rings. The number of ether oxygens (including phenoxy) is 1. The first kappa shape index (κ1) is 18.0. The molecule has 0 spiro atoms. The van der Waals surface area contributed by atoms with E-state index in [1.54, 1.807) is 7.11 Å². The van der Waals surface area contributed by atoms with Gasteiger partial charge in [0.2, 0.25) is 0 Å². The third-order valence-electron chi connectivity index (χ3n) is 3.94. The number of unbranched alkanes of at least 4 members (excludes halogenated alkanes) is 2. The Kier molecular flexibility index (Phi) is 9.11. The lowest BCUT2D eigenvalue weighted by atomic mass is 10.1. The minimum atomic E-state index is 0.355. The molecule has 1 unspecified atom stereocenters. The van der Waals surface area contributed by atoms with Gasteiger partial charge in [0.25, 0.3) is 0 Å². The summed E-state index contributed by atoms with van der Waals surface area (Å²) in [4.78, 5) is 2.59. The maximum Gasteiger partial charge on any atom is 0.119 e. The van der Waals surface area contributed by atoms with Gasteiger partial charge in [-0.2, -0.15) is 0 Å². The van der Waals surface area contributed by atoms with Gasteiger partial charge in [-0.1, -0.05) is 38.8 Å². The highest BCUT2D eigenvalue weighted by Crippen LogP contribution is 2.20. The Morgan fingerprint density at radius 1 is 1.14 bits per heavy atom. The standard InChI is InChI=1S/C18H32N2O/c1-5-7-12-20(13-8-6-2)15-18(19-3)16-10-9-11-17(14-16)21-4/h9-11,14,18-19H,5-8,12-13,15H2,1-4H3. The van der Waals surface area contributed by atoms with E-state index in [9.17, 15) is 0 Å². The van der Waals surface area contributed by atoms with Crippen molar-refractivity contribution in [3.05, 3.63) is 29.8 Å². The summed E-state index contributed by atoms with van der Waals surface area (Å²) in [6.07, 6.45) is 5.06. The summed E-state index contributed by atoms with van der Waals surface area (Å²) >= 11 is 0. The molecule has 0 saturated carbocycles. The van der Waals surface area contributed by atoms with Crippen molar-refractivity contribution in [3.63, 3.8) is 0 Å². The van der Waals surface area contributed by atoms with Crippen LogP contribution in [0, 0.1) is 0 Å². The van der Waals surface area contributed by atoms with E-state index in [1.807, 2.05) is 13.1 Å². The molecule has 0 aromatic heterocycles. The van der Waals surface area contributed by atoms with Crippen LogP contribution < -0.4 is 10.1 Å². The highest BCUT2D eigenvalue weighted by molar-refractivity contribution is 5.30. The van der Waals surface area contributed by atoms with Crippen LogP contribution in [0.15, 0.2) is 24.3 Å². The predicted molar refractivity (Wildman–Crippen MR) is 91.1 cm³/mol. The van der Waals surface area contributed by atoms with Crippen LogP contribution in [0.5, 0.6) is 5.75 Å². The number of likely N-dealkylation sites (N-methyl/N-ethyl adjacent to an activating group) is 1.